The van der Waals surface area contributed by atoms with Gasteiger partial charge in [-0.3, -0.25) is 4.90 Å². The van der Waals surface area contributed by atoms with Crippen LogP contribution in [0.4, 0.5) is 8.78 Å². The summed E-state index contributed by atoms with van der Waals surface area (Å²) in [5.41, 5.74) is 1.45. The largest absolute Gasteiger partial charge is 0.395 e. The third-order valence-corrected chi connectivity index (χ3v) is 5.50. The van der Waals surface area contributed by atoms with Gasteiger partial charge in [0, 0.05) is 30.7 Å². The number of likely N-dealkylation sites (tertiary alicyclic amines) is 1. The fourth-order valence-electron chi connectivity index (χ4n) is 3.84. The third-order valence-electron chi connectivity index (χ3n) is 5.19. The van der Waals surface area contributed by atoms with Crippen LogP contribution in [0, 0.1) is 17.6 Å². The average molecular weight is 381 g/mol. The van der Waals surface area contributed by atoms with Crippen molar-refractivity contribution in [1.82, 2.24) is 10.2 Å². The highest BCUT2D eigenvalue weighted by Crippen LogP contribution is 2.40. The van der Waals surface area contributed by atoms with Crippen molar-refractivity contribution in [2.24, 2.45) is 5.92 Å². The molecule has 6 heteroatoms. The molecule has 1 aliphatic heterocycles. The number of aliphatic hydroxyl groups excluding tert-OH is 1. The van der Waals surface area contributed by atoms with Gasteiger partial charge in [0.05, 0.1) is 11.6 Å². The van der Waals surface area contributed by atoms with Crippen molar-refractivity contribution in [2.45, 2.75) is 25.0 Å². The van der Waals surface area contributed by atoms with E-state index in [9.17, 15) is 13.9 Å². The SMILES string of the molecule is CN1C(CO)CC(CNCc2ccc(Cl)c(F)c2)C1c1ccccc1F. The second kappa shape index (κ2) is 8.44. The van der Waals surface area contributed by atoms with Gasteiger partial charge in [-0.05, 0) is 43.1 Å². The predicted octanol–water partition coefficient (Wildman–Crippen LogP) is 3.76. The van der Waals surface area contributed by atoms with Crippen LogP contribution in [0.2, 0.25) is 5.02 Å². The fourth-order valence-corrected chi connectivity index (χ4v) is 3.96. The number of hydrogen-bond donors (Lipinski definition) is 2. The van der Waals surface area contributed by atoms with Crippen molar-refractivity contribution >= 4 is 11.6 Å². The Labute approximate surface area is 157 Å². The molecule has 1 saturated heterocycles. The van der Waals surface area contributed by atoms with E-state index in [1.54, 1.807) is 24.3 Å². The molecule has 3 rings (SSSR count). The monoisotopic (exact) mass is 380 g/mol. The number of likely N-dealkylation sites (N-methyl/N-ethyl adjacent to an activating group) is 1. The minimum absolute atomic E-state index is 0.000572. The summed E-state index contributed by atoms with van der Waals surface area (Å²) in [6.07, 6.45) is 0.772. The molecule has 1 heterocycles. The molecule has 2 N–H and O–H groups in total. The van der Waals surface area contributed by atoms with Crippen LogP contribution in [0.15, 0.2) is 42.5 Å². The first-order chi connectivity index (χ1) is 12.5. The van der Waals surface area contributed by atoms with Crippen molar-refractivity contribution < 1.29 is 13.9 Å². The molecule has 3 unspecified atom stereocenters. The molecule has 0 bridgehead atoms. The van der Waals surface area contributed by atoms with E-state index in [0.717, 1.165) is 12.0 Å². The van der Waals surface area contributed by atoms with Gasteiger partial charge in [-0.2, -0.15) is 0 Å². The molecular weight excluding hydrogens is 358 g/mol. The van der Waals surface area contributed by atoms with E-state index < -0.39 is 5.82 Å². The van der Waals surface area contributed by atoms with Gasteiger partial charge in [-0.25, -0.2) is 8.78 Å². The molecule has 0 aromatic heterocycles. The quantitative estimate of drug-likeness (QED) is 0.801. The Morgan fingerprint density at radius 1 is 1.19 bits per heavy atom. The molecular formula is C20H23ClF2N2O. The van der Waals surface area contributed by atoms with Crippen LogP contribution in [0.5, 0.6) is 0 Å². The van der Waals surface area contributed by atoms with Crippen molar-refractivity contribution in [2.75, 3.05) is 20.2 Å². The summed E-state index contributed by atoms with van der Waals surface area (Å²) in [5, 5.41) is 13.1. The molecule has 1 aliphatic rings. The predicted molar refractivity (Wildman–Crippen MR) is 99.0 cm³/mol. The Bertz CT molecular complexity index is 758. The normalized spacial score (nSPS) is 23.5. The van der Waals surface area contributed by atoms with Gasteiger partial charge >= 0.3 is 0 Å². The third kappa shape index (κ3) is 4.07. The van der Waals surface area contributed by atoms with E-state index in [-0.39, 0.29) is 35.4 Å². The lowest BCUT2D eigenvalue weighted by molar-refractivity contribution is 0.151. The van der Waals surface area contributed by atoms with Crippen molar-refractivity contribution in [3.63, 3.8) is 0 Å². The number of hydrogen-bond acceptors (Lipinski definition) is 3. The van der Waals surface area contributed by atoms with Crippen LogP contribution in [0.25, 0.3) is 0 Å². The minimum Gasteiger partial charge on any atom is -0.395 e. The maximum Gasteiger partial charge on any atom is 0.142 e. The number of rotatable bonds is 6. The van der Waals surface area contributed by atoms with E-state index in [0.29, 0.717) is 18.7 Å². The zero-order chi connectivity index (χ0) is 18.7. The Morgan fingerprint density at radius 3 is 2.65 bits per heavy atom. The van der Waals surface area contributed by atoms with Crippen LogP contribution < -0.4 is 5.32 Å². The number of nitrogens with zero attached hydrogens (tertiary/aromatic N) is 1. The first-order valence-electron chi connectivity index (χ1n) is 8.73. The van der Waals surface area contributed by atoms with Gasteiger partial charge < -0.3 is 10.4 Å². The van der Waals surface area contributed by atoms with E-state index in [2.05, 4.69) is 5.32 Å². The number of benzene rings is 2. The van der Waals surface area contributed by atoms with Gasteiger partial charge in [0.2, 0.25) is 0 Å². The van der Waals surface area contributed by atoms with Crippen molar-refractivity contribution in [1.29, 1.82) is 0 Å². The zero-order valence-electron chi connectivity index (χ0n) is 14.6. The molecule has 1 fully saturated rings. The Hall–Kier alpha value is -1.53. The van der Waals surface area contributed by atoms with Crippen LogP contribution >= 0.6 is 11.6 Å². The molecule has 3 nitrogen and oxygen atoms in total. The number of aliphatic hydroxyl groups is 1. The molecule has 3 atom stereocenters. The van der Waals surface area contributed by atoms with Gasteiger partial charge in [-0.15, -0.1) is 0 Å². The highest BCUT2D eigenvalue weighted by molar-refractivity contribution is 6.30. The van der Waals surface area contributed by atoms with Gasteiger partial charge in [-0.1, -0.05) is 35.9 Å². The topological polar surface area (TPSA) is 35.5 Å². The smallest absolute Gasteiger partial charge is 0.142 e. The average Bonchev–Trinajstić information content (AvgIpc) is 2.94. The summed E-state index contributed by atoms with van der Waals surface area (Å²) >= 11 is 5.71. The first kappa shape index (κ1) is 19.2. The molecule has 140 valence electrons. The standard InChI is InChI=1S/C20H23ClF2N2O/c1-25-15(12-26)9-14(20(25)16-4-2-3-5-18(16)22)11-24-10-13-6-7-17(21)19(23)8-13/h2-8,14-15,20,24,26H,9-12H2,1H3. The second-order valence-electron chi connectivity index (χ2n) is 6.84. The lowest BCUT2D eigenvalue weighted by Crippen LogP contribution is -2.32. The Kier molecular flexibility index (Phi) is 6.24. The van der Waals surface area contributed by atoms with Crippen LogP contribution in [-0.4, -0.2) is 36.2 Å². The summed E-state index contributed by atoms with van der Waals surface area (Å²) < 4.78 is 27.9. The van der Waals surface area contributed by atoms with Gasteiger partial charge in [0.15, 0.2) is 0 Å². The van der Waals surface area contributed by atoms with Gasteiger partial charge in [0.25, 0.3) is 0 Å². The first-order valence-corrected chi connectivity index (χ1v) is 9.11. The molecule has 0 aliphatic carbocycles. The van der Waals surface area contributed by atoms with Crippen molar-refractivity contribution in [3.8, 4) is 0 Å². The molecule has 0 saturated carbocycles. The van der Waals surface area contributed by atoms with Crippen molar-refractivity contribution in [3.05, 3.63) is 70.2 Å². The molecule has 0 spiro atoms. The highest BCUT2D eigenvalue weighted by Gasteiger charge is 2.40. The van der Waals surface area contributed by atoms with Crippen LogP contribution in [0.3, 0.4) is 0 Å². The molecule has 0 amide bonds. The van der Waals surface area contributed by atoms with Crippen LogP contribution in [-0.2, 0) is 6.54 Å². The number of halogens is 3. The molecule has 2 aromatic carbocycles. The van der Waals surface area contributed by atoms with E-state index in [1.807, 2.05) is 18.0 Å². The summed E-state index contributed by atoms with van der Waals surface area (Å²) in [5.74, 6) is -0.518. The Morgan fingerprint density at radius 2 is 1.96 bits per heavy atom. The lowest BCUT2D eigenvalue weighted by atomic mass is 9.92. The van der Waals surface area contributed by atoms with E-state index in [4.69, 9.17) is 11.6 Å². The van der Waals surface area contributed by atoms with E-state index in [1.165, 1.54) is 12.1 Å². The maximum absolute atomic E-state index is 14.3. The fraction of sp³-hybridized carbons (Fsp3) is 0.400. The van der Waals surface area contributed by atoms with E-state index >= 15 is 0 Å². The van der Waals surface area contributed by atoms with Crippen LogP contribution in [0.1, 0.15) is 23.6 Å². The maximum atomic E-state index is 14.3. The summed E-state index contributed by atoms with van der Waals surface area (Å²) in [6.45, 7) is 1.19. The Balaban J connectivity index is 1.70. The zero-order valence-corrected chi connectivity index (χ0v) is 15.4. The number of nitrogens with one attached hydrogen (secondary N) is 1. The molecule has 2 aromatic rings. The molecule has 26 heavy (non-hydrogen) atoms. The molecule has 0 radical (unpaired) electrons. The summed E-state index contributed by atoms with van der Waals surface area (Å²) in [4.78, 5) is 2.05. The second-order valence-corrected chi connectivity index (χ2v) is 7.25. The van der Waals surface area contributed by atoms with Gasteiger partial charge in [0.1, 0.15) is 11.6 Å². The summed E-state index contributed by atoms with van der Waals surface area (Å²) in [6, 6.07) is 11.4. The lowest BCUT2D eigenvalue weighted by Gasteiger charge is -2.28. The summed E-state index contributed by atoms with van der Waals surface area (Å²) in [7, 11) is 1.92. The minimum atomic E-state index is -0.434. The highest BCUT2D eigenvalue weighted by atomic mass is 35.5.